The Hall–Kier alpha value is -2.61. The fourth-order valence-corrected chi connectivity index (χ4v) is 2.63. The van der Waals surface area contributed by atoms with Crippen molar-refractivity contribution in [2.45, 2.75) is 19.9 Å². The normalized spacial score (nSPS) is 11.3. The minimum atomic E-state index is -0.630. The van der Waals surface area contributed by atoms with Crippen molar-refractivity contribution < 1.29 is 9.59 Å². The number of aromatic amines is 1. The van der Waals surface area contributed by atoms with E-state index in [0.29, 0.717) is 5.69 Å². The molecular formula is C20H25Cl2N5O2. The van der Waals surface area contributed by atoms with Gasteiger partial charge >= 0.3 is 0 Å². The summed E-state index contributed by atoms with van der Waals surface area (Å²) in [5.74, 6) is 0.0781. The van der Waals surface area contributed by atoms with E-state index in [4.69, 9.17) is 5.73 Å². The molecule has 0 fully saturated rings. The van der Waals surface area contributed by atoms with Crippen molar-refractivity contribution in [3.8, 4) is 11.4 Å². The van der Waals surface area contributed by atoms with E-state index >= 15 is 0 Å². The number of halogens is 2. The number of rotatable bonds is 6. The summed E-state index contributed by atoms with van der Waals surface area (Å²) in [4.78, 5) is 31.8. The molecule has 0 radical (unpaired) electrons. The highest BCUT2D eigenvalue weighted by atomic mass is 35.5. The molecule has 2 amide bonds. The van der Waals surface area contributed by atoms with Crippen molar-refractivity contribution >= 4 is 53.3 Å². The van der Waals surface area contributed by atoms with E-state index in [0.717, 1.165) is 22.4 Å². The Morgan fingerprint density at radius 3 is 2.52 bits per heavy atom. The van der Waals surface area contributed by atoms with Gasteiger partial charge in [0.1, 0.15) is 5.82 Å². The summed E-state index contributed by atoms with van der Waals surface area (Å²) < 4.78 is 0. The number of carbonyl (C=O) groups excluding carboxylic acids is 2. The number of benzene rings is 2. The monoisotopic (exact) mass is 437 g/mol. The minimum absolute atomic E-state index is 0. The third kappa shape index (κ3) is 6.19. The lowest BCUT2D eigenvalue weighted by atomic mass is 10.1. The number of aromatic nitrogens is 2. The molecule has 1 aromatic heterocycles. The number of hydrogen-bond acceptors (Lipinski definition) is 4. The predicted octanol–water partition coefficient (Wildman–Crippen LogP) is 3.11. The number of nitrogens with zero attached hydrogens (tertiary/aromatic N) is 1. The molecular weight excluding hydrogens is 413 g/mol. The molecule has 0 bridgehead atoms. The average molecular weight is 438 g/mol. The molecule has 0 aliphatic rings. The number of H-pyrrole nitrogens is 1. The molecule has 5 N–H and O–H groups in total. The largest absolute Gasteiger partial charge is 0.346 e. The quantitative estimate of drug-likeness (QED) is 0.474. The molecule has 3 aromatic rings. The van der Waals surface area contributed by atoms with Crippen LogP contribution in [0.4, 0.5) is 5.69 Å². The van der Waals surface area contributed by atoms with E-state index in [1.165, 1.54) is 0 Å². The summed E-state index contributed by atoms with van der Waals surface area (Å²) in [6, 6.07) is 14.5. The van der Waals surface area contributed by atoms with Crippen molar-refractivity contribution in [2.75, 3.05) is 11.9 Å². The van der Waals surface area contributed by atoms with E-state index in [9.17, 15) is 9.59 Å². The van der Waals surface area contributed by atoms with Crippen molar-refractivity contribution in [3.63, 3.8) is 0 Å². The fraction of sp³-hybridized carbons (Fsp3) is 0.250. The number of hydrogen-bond donors (Lipinski definition) is 4. The third-order valence-electron chi connectivity index (χ3n) is 4.25. The second-order valence-corrected chi connectivity index (χ2v) is 6.72. The van der Waals surface area contributed by atoms with Crippen molar-refractivity contribution in [3.05, 3.63) is 48.5 Å². The van der Waals surface area contributed by atoms with E-state index in [2.05, 4.69) is 20.6 Å². The van der Waals surface area contributed by atoms with Gasteiger partial charge in [0.2, 0.25) is 11.8 Å². The van der Waals surface area contributed by atoms with Crippen LogP contribution in [0.1, 0.15) is 13.8 Å². The molecule has 9 heteroatoms. The van der Waals surface area contributed by atoms with Crippen LogP contribution in [0.15, 0.2) is 48.5 Å². The lowest BCUT2D eigenvalue weighted by molar-refractivity contribution is -0.125. The average Bonchev–Trinajstić information content (AvgIpc) is 3.10. The zero-order valence-electron chi connectivity index (χ0n) is 16.1. The second-order valence-electron chi connectivity index (χ2n) is 6.72. The van der Waals surface area contributed by atoms with E-state index in [1.807, 2.05) is 56.3 Å². The summed E-state index contributed by atoms with van der Waals surface area (Å²) in [6.07, 6.45) is 0. The van der Waals surface area contributed by atoms with Crippen LogP contribution in [-0.4, -0.2) is 34.4 Å². The summed E-state index contributed by atoms with van der Waals surface area (Å²) in [5, 5.41) is 5.33. The van der Waals surface area contributed by atoms with Gasteiger partial charge in [-0.25, -0.2) is 4.98 Å². The van der Waals surface area contributed by atoms with Crippen LogP contribution in [0.5, 0.6) is 0 Å². The highest BCUT2D eigenvalue weighted by Crippen LogP contribution is 2.22. The Kier molecular flexibility index (Phi) is 9.10. The number of imidazole rings is 1. The zero-order valence-corrected chi connectivity index (χ0v) is 17.8. The van der Waals surface area contributed by atoms with Crippen LogP contribution in [0.25, 0.3) is 22.4 Å². The molecule has 2 aromatic carbocycles. The van der Waals surface area contributed by atoms with E-state index < -0.39 is 6.04 Å². The molecule has 156 valence electrons. The van der Waals surface area contributed by atoms with Gasteiger partial charge in [-0.3, -0.25) is 9.59 Å². The Bertz CT molecular complexity index is 941. The van der Waals surface area contributed by atoms with E-state index in [-0.39, 0.29) is 49.1 Å². The Balaban J connectivity index is 0.00000210. The third-order valence-corrected chi connectivity index (χ3v) is 4.25. The molecule has 0 unspecified atom stereocenters. The molecule has 1 atom stereocenters. The molecule has 0 saturated heterocycles. The molecule has 0 aliphatic heterocycles. The second kappa shape index (κ2) is 10.8. The van der Waals surface area contributed by atoms with Crippen LogP contribution in [0.3, 0.4) is 0 Å². The summed E-state index contributed by atoms with van der Waals surface area (Å²) in [6.45, 7) is 3.58. The van der Waals surface area contributed by atoms with Gasteiger partial charge < -0.3 is 21.4 Å². The number of nitrogens with two attached hydrogens (primary N) is 1. The Morgan fingerprint density at radius 1 is 1.10 bits per heavy atom. The molecule has 7 nitrogen and oxygen atoms in total. The van der Waals surface area contributed by atoms with Crippen molar-refractivity contribution in [2.24, 2.45) is 11.7 Å². The topological polar surface area (TPSA) is 113 Å². The summed E-state index contributed by atoms with van der Waals surface area (Å²) >= 11 is 0. The van der Waals surface area contributed by atoms with Crippen LogP contribution in [0, 0.1) is 5.92 Å². The van der Waals surface area contributed by atoms with Gasteiger partial charge in [0, 0.05) is 11.3 Å². The maximum Gasteiger partial charge on any atom is 0.243 e. The lowest BCUT2D eigenvalue weighted by Crippen LogP contribution is -2.46. The fourth-order valence-electron chi connectivity index (χ4n) is 2.63. The van der Waals surface area contributed by atoms with Gasteiger partial charge in [0.05, 0.1) is 23.6 Å². The minimum Gasteiger partial charge on any atom is -0.346 e. The van der Waals surface area contributed by atoms with Crippen molar-refractivity contribution in [1.82, 2.24) is 15.3 Å². The Morgan fingerprint density at radius 2 is 1.83 bits per heavy atom. The SMILES string of the molecule is CC(C)[C@H](N)C(=O)NCC(=O)Nc1cccc(-c2nc3ccccc3[nH]2)c1.Cl.Cl. The number of fused-ring (bicyclic) bond motifs is 1. The van der Waals surface area contributed by atoms with Gasteiger partial charge in [0.25, 0.3) is 0 Å². The maximum atomic E-state index is 12.1. The van der Waals surface area contributed by atoms with Gasteiger partial charge in [-0.2, -0.15) is 0 Å². The highest BCUT2D eigenvalue weighted by molar-refractivity contribution is 5.95. The molecule has 0 aliphatic carbocycles. The first kappa shape index (κ1) is 24.4. The first-order valence-electron chi connectivity index (χ1n) is 8.82. The number of para-hydroxylation sites is 2. The highest BCUT2D eigenvalue weighted by Gasteiger charge is 2.17. The molecule has 0 saturated carbocycles. The molecule has 29 heavy (non-hydrogen) atoms. The Labute approximate surface area is 181 Å². The zero-order chi connectivity index (χ0) is 19.4. The van der Waals surface area contributed by atoms with E-state index in [1.54, 1.807) is 6.07 Å². The van der Waals surface area contributed by atoms with Gasteiger partial charge in [-0.05, 0) is 30.2 Å². The molecule has 3 rings (SSSR count). The van der Waals surface area contributed by atoms with Gasteiger partial charge in [0.15, 0.2) is 0 Å². The standard InChI is InChI=1S/C20H23N5O2.2ClH/c1-12(2)18(21)20(27)22-11-17(26)23-14-7-5-6-13(10-14)19-24-15-8-3-4-9-16(15)25-19;;/h3-10,12,18H,11,21H2,1-2H3,(H,22,27)(H,23,26)(H,24,25);2*1H/t18-;;/m0../s1. The van der Waals surface area contributed by atoms with Crippen molar-refractivity contribution in [1.29, 1.82) is 0 Å². The van der Waals surface area contributed by atoms with Gasteiger partial charge in [-0.1, -0.05) is 38.1 Å². The first-order valence-corrected chi connectivity index (χ1v) is 8.82. The van der Waals surface area contributed by atoms with Crippen LogP contribution < -0.4 is 16.4 Å². The summed E-state index contributed by atoms with van der Waals surface area (Å²) in [7, 11) is 0. The van der Waals surface area contributed by atoms with Crippen LogP contribution >= 0.6 is 24.8 Å². The maximum absolute atomic E-state index is 12.1. The number of anilines is 1. The number of nitrogens with one attached hydrogen (secondary N) is 3. The smallest absolute Gasteiger partial charge is 0.243 e. The number of amides is 2. The predicted molar refractivity (Wildman–Crippen MR) is 120 cm³/mol. The molecule has 0 spiro atoms. The summed E-state index contributed by atoms with van der Waals surface area (Å²) in [5.41, 5.74) is 9.07. The lowest BCUT2D eigenvalue weighted by Gasteiger charge is -2.15. The van der Waals surface area contributed by atoms with Crippen LogP contribution in [0.2, 0.25) is 0 Å². The number of carbonyl (C=O) groups is 2. The molecule has 1 heterocycles. The van der Waals surface area contributed by atoms with Gasteiger partial charge in [-0.15, -0.1) is 24.8 Å². The van der Waals surface area contributed by atoms with Crippen LogP contribution in [-0.2, 0) is 9.59 Å². The first-order chi connectivity index (χ1) is 12.9.